The second-order valence-corrected chi connectivity index (χ2v) is 3.68. The summed E-state index contributed by atoms with van der Waals surface area (Å²) < 4.78 is 4.52. The summed E-state index contributed by atoms with van der Waals surface area (Å²) in [6, 6.07) is 7.49. The molecular weight excluding hydrogens is 204 g/mol. The molecule has 3 nitrogen and oxygen atoms in total. The molecule has 0 aromatic heterocycles. The molecule has 0 heterocycles. The van der Waals surface area contributed by atoms with E-state index in [0.29, 0.717) is 17.6 Å². The molecule has 0 saturated carbocycles. The van der Waals surface area contributed by atoms with Gasteiger partial charge in [0.25, 0.3) is 0 Å². The molecule has 0 spiro atoms. The van der Waals surface area contributed by atoms with Crippen molar-refractivity contribution < 1.29 is 14.3 Å². The highest BCUT2D eigenvalue weighted by Crippen LogP contribution is 2.24. The highest BCUT2D eigenvalue weighted by Gasteiger charge is 2.21. The van der Waals surface area contributed by atoms with E-state index in [0.717, 1.165) is 12.0 Å². The van der Waals surface area contributed by atoms with Crippen LogP contribution >= 0.6 is 0 Å². The van der Waals surface area contributed by atoms with Crippen LogP contribution in [0.25, 0.3) is 0 Å². The first-order valence-corrected chi connectivity index (χ1v) is 5.13. The molecular formula is C13H12O3. The topological polar surface area (TPSA) is 43.4 Å². The van der Waals surface area contributed by atoms with Gasteiger partial charge in [-0.05, 0) is 18.4 Å². The van der Waals surface area contributed by atoms with E-state index in [-0.39, 0.29) is 5.78 Å². The molecule has 1 aliphatic carbocycles. The van der Waals surface area contributed by atoms with Gasteiger partial charge in [0, 0.05) is 17.2 Å². The number of ketones is 1. The number of fused-ring (bicyclic) bond motifs is 1. The number of methoxy groups -OCH3 is 1. The standard InChI is InChI=1S/C13H12O3/c1-16-12(14)8-10-7-6-9-4-2-3-5-11(9)13(10)15/h2-5,8H,6-7H2,1H3/b10-8+. The summed E-state index contributed by atoms with van der Waals surface area (Å²) in [4.78, 5) is 23.1. The van der Waals surface area contributed by atoms with Crippen molar-refractivity contribution >= 4 is 11.8 Å². The smallest absolute Gasteiger partial charge is 0.330 e. The number of ether oxygens (including phenoxy) is 1. The number of benzene rings is 1. The minimum absolute atomic E-state index is 0.0627. The first-order valence-electron chi connectivity index (χ1n) is 5.13. The van der Waals surface area contributed by atoms with E-state index in [9.17, 15) is 9.59 Å². The number of allylic oxidation sites excluding steroid dienone is 1. The fourth-order valence-corrected chi connectivity index (χ4v) is 1.85. The highest BCUT2D eigenvalue weighted by atomic mass is 16.5. The van der Waals surface area contributed by atoms with Crippen LogP contribution in [0.2, 0.25) is 0 Å². The molecule has 0 aliphatic heterocycles. The maximum atomic E-state index is 12.0. The maximum absolute atomic E-state index is 12.0. The van der Waals surface area contributed by atoms with Crippen molar-refractivity contribution in [2.75, 3.05) is 7.11 Å². The van der Waals surface area contributed by atoms with Crippen LogP contribution < -0.4 is 0 Å². The Labute approximate surface area is 93.7 Å². The number of rotatable bonds is 1. The fraction of sp³-hybridized carbons (Fsp3) is 0.231. The van der Waals surface area contributed by atoms with Gasteiger partial charge in [0.2, 0.25) is 0 Å². The van der Waals surface area contributed by atoms with Crippen LogP contribution in [0, 0.1) is 0 Å². The number of carbonyl (C=O) groups is 2. The lowest BCUT2D eigenvalue weighted by Gasteiger charge is -2.16. The van der Waals surface area contributed by atoms with Crippen molar-refractivity contribution in [3.05, 3.63) is 47.0 Å². The first kappa shape index (κ1) is 10.6. The minimum Gasteiger partial charge on any atom is -0.466 e. The predicted octanol–water partition coefficient (Wildman–Crippen LogP) is 1.91. The number of hydrogen-bond acceptors (Lipinski definition) is 3. The van der Waals surface area contributed by atoms with Gasteiger partial charge in [-0.25, -0.2) is 4.79 Å². The molecule has 0 amide bonds. The summed E-state index contributed by atoms with van der Waals surface area (Å²) in [5.74, 6) is -0.532. The van der Waals surface area contributed by atoms with Gasteiger partial charge in [0.1, 0.15) is 0 Å². The zero-order valence-electron chi connectivity index (χ0n) is 9.03. The monoisotopic (exact) mass is 216 g/mol. The minimum atomic E-state index is -0.470. The van der Waals surface area contributed by atoms with Crippen molar-refractivity contribution in [1.82, 2.24) is 0 Å². The normalized spacial score (nSPS) is 17.1. The number of esters is 1. The lowest BCUT2D eigenvalue weighted by atomic mass is 9.87. The molecule has 1 aromatic rings. The number of aryl methyl sites for hydroxylation is 1. The van der Waals surface area contributed by atoms with Crippen LogP contribution in [0.1, 0.15) is 22.3 Å². The molecule has 0 bridgehead atoms. The van der Waals surface area contributed by atoms with Gasteiger partial charge in [-0.3, -0.25) is 4.79 Å². The third-order valence-electron chi connectivity index (χ3n) is 2.71. The van der Waals surface area contributed by atoms with Gasteiger partial charge >= 0.3 is 5.97 Å². The molecule has 0 unspecified atom stereocenters. The molecule has 16 heavy (non-hydrogen) atoms. The summed E-state index contributed by atoms with van der Waals surface area (Å²) in [5, 5.41) is 0. The SMILES string of the molecule is COC(=O)/C=C1\CCc2ccccc2C1=O. The predicted molar refractivity (Wildman–Crippen MR) is 59.2 cm³/mol. The third-order valence-corrected chi connectivity index (χ3v) is 2.71. The Balaban J connectivity index is 2.35. The first-order chi connectivity index (χ1) is 7.72. The van der Waals surface area contributed by atoms with Crippen molar-refractivity contribution in [2.24, 2.45) is 0 Å². The van der Waals surface area contributed by atoms with Crippen LogP contribution in [-0.2, 0) is 16.0 Å². The van der Waals surface area contributed by atoms with Gasteiger partial charge in [-0.2, -0.15) is 0 Å². The van der Waals surface area contributed by atoms with Crippen molar-refractivity contribution in [2.45, 2.75) is 12.8 Å². The summed E-state index contributed by atoms with van der Waals surface area (Å²) in [5.41, 5.74) is 2.28. The van der Waals surface area contributed by atoms with E-state index in [2.05, 4.69) is 4.74 Å². The second kappa shape index (κ2) is 4.31. The Morgan fingerprint density at radius 3 is 2.81 bits per heavy atom. The van der Waals surface area contributed by atoms with Crippen LogP contribution in [0.15, 0.2) is 35.9 Å². The zero-order chi connectivity index (χ0) is 11.5. The summed E-state index contributed by atoms with van der Waals surface area (Å²) in [7, 11) is 1.31. The van der Waals surface area contributed by atoms with E-state index in [1.807, 2.05) is 18.2 Å². The van der Waals surface area contributed by atoms with E-state index in [1.165, 1.54) is 13.2 Å². The van der Waals surface area contributed by atoms with Crippen molar-refractivity contribution in [1.29, 1.82) is 0 Å². The molecule has 0 atom stereocenters. The van der Waals surface area contributed by atoms with Gasteiger partial charge in [0.15, 0.2) is 5.78 Å². The zero-order valence-corrected chi connectivity index (χ0v) is 9.03. The largest absolute Gasteiger partial charge is 0.466 e. The summed E-state index contributed by atoms with van der Waals surface area (Å²) >= 11 is 0. The quantitative estimate of drug-likeness (QED) is 0.532. The Hall–Kier alpha value is -1.90. The van der Waals surface area contributed by atoms with Crippen LogP contribution in [0.3, 0.4) is 0 Å². The second-order valence-electron chi connectivity index (χ2n) is 3.68. The van der Waals surface area contributed by atoms with Gasteiger partial charge in [0.05, 0.1) is 7.11 Å². The lowest BCUT2D eigenvalue weighted by molar-refractivity contribution is -0.134. The Morgan fingerprint density at radius 2 is 2.06 bits per heavy atom. The van der Waals surface area contributed by atoms with Crippen molar-refractivity contribution in [3.63, 3.8) is 0 Å². The van der Waals surface area contributed by atoms with E-state index < -0.39 is 5.97 Å². The summed E-state index contributed by atoms with van der Waals surface area (Å²) in [6.07, 6.45) is 2.69. The van der Waals surface area contributed by atoms with Gasteiger partial charge < -0.3 is 4.74 Å². The molecule has 0 radical (unpaired) electrons. The maximum Gasteiger partial charge on any atom is 0.330 e. The number of Topliss-reactive ketones (excluding diaryl/α,β-unsaturated/α-hetero) is 1. The van der Waals surface area contributed by atoms with Gasteiger partial charge in [-0.15, -0.1) is 0 Å². The van der Waals surface area contributed by atoms with E-state index >= 15 is 0 Å². The van der Waals surface area contributed by atoms with Crippen LogP contribution in [0.5, 0.6) is 0 Å². The van der Waals surface area contributed by atoms with E-state index in [1.54, 1.807) is 6.07 Å². The Morgan fingerprint density at radius 1 is 1.31 bits per heavy atom. The number of carbonyl (C=O) groups excluding carboxylic acids is 2. The fourth-order valence-electron chi connectivity index (χ4n) is 1.85. The highest BCUT2D eigenvalue weighted by molar-refractivity contribution is 6.12. The molecule has 3 heteroatoms. The van der Waals surface area contributed by atoms with Crippen LogP contribution in [0.4, 0.5) is 0 Å². The van der Waals surface area contributed by atoms with Crippen molar-refractivity contribution in [3.8, 4) is 0 Å². The molecule has 82 valence electrons. The van der Waals surface area contributed by atoms with Crippen LogP contribution in [-0.4, -0.2) is 18.9 Å². The molecule has 1 aromatic carbocycles. The van der Waals surface area contributed by atoms with Gasteiger partial charge in [-0.1, -0.05) is 24.3 Å². The molecule has 0 fully saturated rings. The average Bonchev–Trinajstić information content (AvgIpc) is 2.33. The molecule has 0 saturated heterocycles. The molecule has 2 rings (SSSR count). The molecule has 0 N–H and O–H groups in total. The van der Waals surface area contributed by atoms with E-state index in [4.69, 9.17) is 0 Å². The Kier molecular flexibility index (Phi) is 2.86. The average molecular weight is 216 g/mol. The Bertz CT molecular complexity index is 472. The lowest BCUT2D eigenvalue weighted by Crippen LogP contribution is -2.15. The molecule has 1 aliphatic rings. The summed E-state index contributed by atoms with van der Waals surface area (Å²) in [6.45, 7) is 0. The number of hydrogen-bond donors (Lipinski definition) is 0. The third kappa shape index (κ3) is 1.89.